The molecule has 0 spiro atoms. The molecule has 1 amide bonds. The Kier molecular flexibility index (Phi) is 6.40. The zero-order valence-electron chi connectivity index (χ0n) is 17.0. The lowest BCUT2D eigenvalue weighted by Crippen LogP contribution is -2.35. The molecule has 0 aliphatic carbocycles. The molecule has 2 aliphatic rings. The quantitative estimate of drug-likeness (QED) is 0.645. The fourth-order valence-electron chi connectivity index (χ4n) is 4.15. The van der Waals surface area contributed by atoms with Crippen LogP contribution in [0.2, 0.25) is 0 Å². The number of carbonyl (C=O) groups excluding carboxylic acids is 1. The minimum Gasteiger partial charge on any atom is -0.493 e. The molecule has 1 fully saturated rings. The molecule has 2 aliphatic heterocycles. The SMILES string of the molecule is CCCC(C)C(CCC)Oc1cc2c(cc1OC)C(=O)N1CCCC1C=N2. The molecule has 1 aromatic carbocycles. The van der Waals surface area contributed by atoms with Crippen LogP contribution in [0.5, 0.6) is 11.5 Å². The van der Waals surface area contributed by atoms with Gasteiger partial charge in [-0.15, -0.1) is 0 Å². The van der Waals surface area contributed by atoms with E-state index in [0.717, 1.165) is 45.1 Å². The molecule has 0 radical (unpaired) electrons. The monoisotopic (exact) mass is 372 g/mol. The first-order valence-corrected chi connectivity index (χ1v) is 10.3. The van der Waals surface area contributed by atoms with E-state index in [-0.39, 0.29) is 18.1 Å². The first-order chi connectivity index (χ1) is 13.1. The number of fused-ring (bicyclic) bond motifs is 2. The van der Waals surface area contributed by atoms with Crippen molar-refractivity contribution in [1.82, 2.24) is 4.90 Å². The maximum absolute atomic E-state index is 13.0. The minimum absolute atomic E-state index is 0.0410. The molecule has 3 atom stereocenters. The van der Waals surface area contributed by atoms with Gasteiger partial charge in [0.25, 0.3) is 5.91 Å². The molecule has 0 bridgehead atoms. The van der Waals surface area contributed by atoms with E-state index in [2.05, 4.69) is 25.8 Å². The largest absolute Gasteiger partial charge is 0.493 e. The number of rotatable bonds is 8. The molecule has 0 aromatic heterocycles. The second kappa shape index (κ2) is 8.77. The second-order valence-corrected chi connectivity index (χ2v) is 7.72. The molecule has 5 nitrogen and oxygen atoms in total. The van der Waals surface area contributed by atoms with Crippen LogP contribution in [0.4, 0.5) is 5.69 Å². The van der Waals surface area contributed by atoms with E-state index in [1.807, 2.05) is 17.2 Å². The molecule has 0 saturated carbocycles. The number of ether oxygens (including phenoxy) is 2. The predicted molar refractivity (Wildman–Crippen MR) is 109 cm³/mol. The van der Waals surface area contributed by atoms with Gasteiger partial charge in [-0.2, -0.15) is 0 Å². The van der Waals surface area contributed by atoms with E-state index in [4.69, 9.17) is 9.47 Å². The number of hydrogen-bond acceptors (Lipinski definition) is 4. The Morgan fingerprint density at radius 2 is 2.00 bits per heavy atom. The van der Waals surface area contributed by atoms with Crippen LogP contribution >= 0.6 is 0 Å². The summed E-state index contributed by atoms with van der Waals surface area (Å²) in [4.78, 5) is 19.5. The third-order valence-corrected chi connectivity index (χ3v) is 5.69. The summed E-state index contributed by atoms with van der Waals surface area (Å²) in [5.41, 5.74) is 1.29. The summed E-state index contributed by atoms with van der Waals surface area (Å²) in [5, 5.41) is 0. The summed E-state index contributed by atoms with van der Waals surface area (Å²) in [6.07, 6.45) is 8.40. The maximum atomic E-state index is 13.0. The van der Waals surface area contributed by atoms with Crippen molar-refractivity contribution in [2.45, 2.75) is 71.4 Å². The first kappa shape index (κ1) is 19.7. The molecule has 3 unspecified atom stereocenters. The molecule has 1 saturated heterocycles. The topological polar surface area (TPSA) is 51.1 Å². The minimum atomic E-state index is 0.0410. The fraction of sp³-hybridized carbons (Fsp3) is 0.636. The zero-order chi connectivity index (χ0) is 19.4. The summed E-state index contributed by atoms with van der Waals surface area (Å²) in [7, 11) is 1.63. The Morgan fingerprint density at radius 3 is 2.70 bits per heavy atom. The van der Waals surface area contributed by atoms with Crippen LogP contribution in [0.25, 0.3) is 0 Å². The van der Waals surface area contributed by atoms with Gasteiger partial charge in [-0.3, -0.25) is 9.79 Å². The van der Waals surface area contributed by atoms with E-state index in [0.29, 0.717) is 28.7 Å². The highest BCUT2D eigenvalue weighted by atomic mass is 16.5. The van der Waals surface area contributed by atoms with Crippen LogP contribution in [0.1, 0.15) is 69.7 Å². The third kappa shape index (κ3) is 4.12. The van der Waals surface area contributed by atoms with Gasteiger partial charge in [-0.1, -0.05) is 33.6 Å². The second-order valence-electron chi connectivity index (χ2n) is 7.72. The predicted octanol–water partition coefficient (Wildman–Crippen LogP) is 5.00. The first-order valence-electron chi connectivity index (χ1n) is 10.3. The Hall–Kier alpha value is -2.04. The van der Waals surface area contributed by atoms with Gasteiger partial charge in [-0.25, -0.2) is 0 Å². The molecular weight excluding hydrogens is 340 g/mol. The highest BCUT2D eigenvalue weighted by molar-refractivity contribution is 6.03. The van der Waals surface area contributed by atoms with E-state index < -0.39 is 0 Å². The highest BCUT2D eigenvalue weighted by Gasteiger charge is 2.33. The number of nitrogens with zero attached hydrogens (tertiary/aromatic N) is 2. The van der Waals surface area contributed by atoms with Gasteiger partial charge in [0.2, 0.25) is 0 Å². The number of aliphatic imine (C=N–C) groups is 1. The number of methoxy groups -OCH3 is 1. The molecule has 0 N–H and O–H groups in total. The maximum Gasteiger partial charge on any atom is 0.256 e. The number of amides is 1. The van der Waals surface area contributed by atoms with Crippen molar-refractivity contribution in [2.75, 3.05) is 13.7 Å². The third-order valence-electron chi connectivity index (χ3n) is 5.69. The van der Waals surface area contributed by atoms with Crippen molar-refractivity contribution in [2.24, 2.45) is 10.9 Å². The lowest BCUT2D eigenvalue weighted by Gasteiger charge is -2.26. The standard InChI is InChI=1S/C22H32N2O3/c1-5-8-15(3)19(9-6-2)27-21-13-18-17(12-20(21)26-4)22(25)24-11-7-10-16(24)14-23-18/h12-16,19H,5-11H2,1-4H3. The Balaban J connectivity index is 1.93. The number of hydrogen-bond donors (Lipinski definition) is 0. The van der Waals surface area contributed by atoms with Gasteiger partial charge >= 0.3 is 0 Å². The lowest BCUT2D eigenvalue weighted by molar-refractivity contribution is 0.0774. The van der Waals surface area contributed by atoms with Crippen molar-refractivity contribution in [3.8, 4) is 11.5 Å². The average Bonchev–Trinajstić information content (AvgIpc) is 3.09. The van der Waals surface area contributed by atoms with E-state index in [9.17, 15) is 4.79 Å². The van der Waals surface area contributed by atoms with Crippen molar-refractivity contribution < 1.29 is 14.3 Å². The molecule has 27 heavy (non-hydrogen) atoms. The van der Waals surface area contributed by atoms with Crippen molar-refractivity contribution >= 4 is 17.8 Å². The summed E-state index contributed by atoms with van der Waals surface area (Å²) in [5.74, 6) is 1.80. The molecule has 5 heteroatoms. The van der Waals surface area contributed by atoms with E-state index in [1.54, 1.807) is 13.2 Å². The zero-order valence-corrected chi connectivity index (χ0v) is 17.0. The number of benzene rings is 1. The summed E-state index contributed by atoms with van der Waals surface area (Å²) < 4.78 is 12.0. The van der Waals surface area contributed by atoms with Gasteiger partial charge in [0.15, 0.2) is 11.5 Å². The van der Waals surface area contributed by atoms with Crippen LogP contribution in [0.15, 0.2) is 17.1 Å². The Morgan fingerprint density at radius 1 is 1.22 bits per heavy atom. The van der Waals surface area contributed by atoms with Crippen LogP contribution < -0.4 is 9.47 Å². The van der Waals surface area contributed by atoms with Crippen LogP contribution in [-0.2, 0) is 0 Å². The van der Waals surface area contributed by atoms with Gasteiger partial charge in [0, 0.05) is 18.8 Å². The van der Waals surface area contributed by atoms with Crippen LogP contribution in [0, 0.1) is 5.92 Å². The summed E-state index contributed by atoms with van der Waals surface area (Å²) in [6.45, 7) is 7.42. The van der Waals surface area contributed by atoms with Gasteiger partial charge in [-0.05, 0) is 37.7 Å². The van der Waals surface area contributed by atoms with E-state index in [1.165, 1.54) is 0 Å². The van der Waals surface area contributed by atoms with Crippen molar-refractivity contribution in [3.63, 3.8) is 0 Å². The van der Waals surface area contributed by atoms with Crippen molar-refractivity contribution in [3.05, 3.63) is 17.7 Å². The van der Waals surface area contributed by atoms with Gasteiger partial charge < -0.3 is 14.4 Å². The summed E-state index contributed by atoms with van der Waals surface area (Å²) in [6, 6.07) is 3.79. The van der Waals surface area contributed by atoms with Gasteiger partial charge in [0.1, 0.15) is 6.10 Å². The number of carbonyl (C=O) groups is 1. The normalized spacial score (nSPS) is 20.7. The average molecular weight is 373 g/mol. The van der Waals surface area contributed by atoms with Crippen LogP contribution in [-0.4, -0.2) is 42.8 Å². The fourth-order valence-corrected chi connectivity index (χ4v) is 4.15. The van der Waals surface area contributed by atoms with Crippen LogP contribution in [0.3, 0.4) is 0 Å². The smallest absolute Gasteiger partial charge is 0.256 e. The van der Waals surface area contributed by atoms with E-state index >= 15 is 0 Å². The molecular formula is C22H32N2O3. The molecule has 1 aromatic rings. The Labute approximate surface area is 162 Å². The molecule has 148 valence electrons. The molecule has 2 heterocycles. The Bertz CT molecular complexity index is 701. The highest BCUT2D eigenvalue weighted by Crippen LogP contribution is 2.39. The van der Waals surface area contributed by atoms with Gasteiger partial charge in [0.05, 0.1) is 24.4 Å². The summed E-state index contributed by atoms with van der Waals surface area (Å²) >= 11 is 0. The van der Waals surface area contributed by atoms with Crippen molar-refractivity contribution in [1.29, 1.82) is 0 Å². The lowest BCUT2D eigenvalue weighted by atomic mass is 9.96. The molecule has 3 rings (SSSR count).